The summed E-state index contributed by atoms with van der Waals surface area (Å²) in [4.78, 5) is 23.5. The van der Waals surface area contributed by atoms with Gasteiger partial charge in [0, 0.05) is 12.6 Å². The Kier molecular flexibility index (Phi) is 5.17. The van der Waals surface area contributed by atoms with E-state index >= 15 is 0 Å². The summed E-state index contributed by atoms with van der Waals surface area (Å²) in [5.74, 6) is -1.00. The van der Waals surface area contributed by atoms with Gasteiger partial charge in [0.1, 0.15) is 17.2 Å². The van der Waals surface area contributed by atoms with Gasteiger partial charge < -0.3 is 10.6 Å². The van der Waals surface area contributed by atoms with Gasteiger partial charge in [-0.3, -0.25) is 9.59 Å². The van der Waals surface area contributed by atoms with E-state index in [0.29, 0.717) is 6.07 Å². The molecule has 0 saturated heterocycles. The predicted octanol–water partition coefficient (Wildman–Crippen LogP) is 3.90. The third kappa shape index (κ3) is 4.05. The maximum Gasteiger partial charge on any atom is 0.416 e. The van der Waals surface area contributed by atoms with Crippen LogP contribution in [0.3, 0.4) is 0 Å². The summed E-state index contributed by atoms with van der Waals surface area (Å²) in [5.41, 5.74) is -3.03. The van der Waals surface area contributed by atoms with Gasteiger partial charge in [0.15, 0.2) is 0 Å². The van der Waals surface area contributed by atoms with Crippen molar-refractivity contribution >= 4 is 11.4 Å². The molecule has 1 unspecified atom stereocenters. The van der Waals surface area contributed by atoms with Crippen molar-refractivity contribution in [2.24, 2.45) is 5.41 Å². The minimum absolute atomic E-state index is 0.0523. The molecule has 0 aliphatic heterocycles. The zero-order valence-electron chi connectivity index (χ0n) is 14.8. The van der Waals surface area contributed by atoms with Gasteiger partial charge in [0.2, 0.25) is 0 Å². The Hall–Kier alpha value is -2.38. The lowest BCUT2D eigenvalue weighted by Crippen LogP contribution is -2.42. The molecule has 0 aromatic heterocycles. The molecule has 0 spiro atoms. The molecule has 142 valence electrons. The molecular formula is C18H20F4N2O2. The molecule has 0 bridgehead atoms. The molecule has 26 heavy (non-hydrogen) atoms. The van der Waals surface area contributed by atoms with Crippen LogP contribution in [0.15, 0.2) is 27.8 Å². The summed E-state index contributed by atoms with van der Waals surface area (Å²) >= 11 is 0. The molecule has 8 heteroatoms. The first kappa shape index (κ1) is 19.9. The van der Waals surface area contributed by atoms with Gasteiger partial charge in [-0.1, -0.05) is 26.8 Å². The number of rotatable bonds is 5. The van der Waals surface area contributed by atoms with E-state index in [-0.39, 0.29) is 34.9 Å². The Labute approximate surface area is 147 Å². The second-order valence-electron chi connectivity index (χ2n) is 7.29. The Morgan fingerprint density at radius 2 is 1.62 bits per heavy atom. The van der Waals surface area contributed by atoms with Crippen LogP contribution in [-0.4, -0.2) is 6.04 Å². The minimum Gasteiger partial charge on any atom is -0.377 e. The van der Waals surface area contributed by atoms with Crippen molar-refractivity contribution in [3.63, 3.8) is 0 Å². The quantitative estimate of drug-likeness (QED) is 0.617. The smallest absolute Gasteiger partial charge is 0.377 e. The first-order valence-corrected chi connectivity index (χ1v) is 8.01. The molecule has 2 aromatic rings. The molecule has 0 heterocycles. The topological polar surface area (TPSA) is 58.2 Å². The summed E-state index contributed by atoms with van der Waals surface area (Å²) in [7, 11) is 0. The Morgan fingerprint density at radius 3 is 2.15 bits per heavy atom. The normalized spacial score (nSPS) is 13.7. The van der Waals surface area contributed by atoms with Crippen LogP contribution in [0.1, 0.15) is 38.8 Å². The number of hydrogen-bond acceptors (Lipinski definition) is 4. The summed E-state index contributed by atoms with van der Waals surface area (Å²) < 4.78 is 52.2. The zero-order valence-corrected chi connectivity index (χ0v) is 14.8. The molecule has 0 radical (unpaired) electrons. The van der Waals surface area contributed by atoms with Crippen molar-refractivity contribution in [2.45, 2.75) is 46.5 Å². The van der Waals surface area contributed by atoms with Gasteiger partial charge in [0.05, 0.1) is 5.56 Å². The van der Waals surface area contributed by atoms with Gasteiger partial charge in [-0.25, -0.2) is 4.39 Å². The summed E-state index contributed by atoms with van der Waals surface area (Å²) in [6, 6.07) is 2.17. The number of benzene rings is 1. The average molecular weight is 372 g/mol. The minimum atomic E-state index is -4.73. The van der Waals surface area contributed by atoms with Crippen LogP contribution in [-0.2, 0) is 12.7 Å². The second kappa shape index (κ2) is 6.74. The van der Waals surface area contributed by atoms with Crippen LogP contribution >= 0.6 is 0 Å². The molecule has 0 aliphatic carbocycles. The van der Waals surface area contributed by atoms with E-state index < -0.39 is 28.4 Å². The van der Waals surface area contributed by atoms with Crippen molar-refractivity contribution in [3.05, 3.63) is 55.6 Å². The van der Waals surface area contributed by atoms with Gasteiger partial charge in [-0.2, -0.15) is 13.2 Å². The number of hydrogen-bond donors (Lipinski definition) is 2. The van der Waals surface area contributed by atoms with Crippen LogP contribution in [0.4, 0.5) is 28.9 Å². The number of anilines is 2. The van der Waals surface area contributed by atoms with Crippen LogP contribution < -0.4 is 21.5 Å². The third-order valence-corrected chi connectivity index (χ3v) is 4.40. The standard InChI is InChI=1S/C18H20F4N2O2/c1-9(17(2,3)4)24-14-13(15(25)16(14)26)23-8-10-5-6-11(19)7-12(10)18(20,21)22/h5-7,9,23-24H,8H2,1-4H3. The summed E-state index contributed by atoms with van der Waals surface area (Å²) in [6.07, 6.45) is -4.73. The lowest BCUT2D eigenvalue weighted by Gasteiger charge is -2.30. The first-order valence-electron chi connectivity index (χ1n) is 8.01. The van der Waals surface area contributed by atoms with Crippen LogP contribution in [0.25, 0.3) is 0 Å². The fourth-order valence-electron chi connectivity index (χ4n) is 2.28. The van der Waals surface area contributed by atoms with Gasteiger partial charge in [-0.15, -0.1) is 0 Å². The van der Waals surface area contributed by atoms with Crippen molar-refractivity contribution in [1.29, 1.82) is 0 Å². The van der Waals surface area contributed by atoms with E-state index in [2.05, 4.69) is 10.6 Å². The molecular weight excluding hydrogens is 352 g/mol. The molecule has 2 N–H and O–H groups in total. The summed E-state index contributed by atoms with van der Waals surface area (Å²) in [6.45, 7) is 7.30. The first-order chi connectivity index (χ1) is 11.8. The van der Waals surface area contributed by atoms with E-state index in [1.807, 2.05) is 27.7 Å². The van der Waals surface area contributed by atoms with Crippen molar-refractivity contribution in [2.75, 3.05) is 10.6 Å². The van der Waals surface area contributed by atoms with Crippen LogP contribution in [0.5, 0.6) is 0 Å². The molecule has 2 aromatic carbocycles. The lowest BCUT2D eigenvalue weighted by molar-refractivity contribution is -0.138. The SMILES string of the molecule is CC(Nc1c(NCc2ccc(F)cc2C(F)(F)F)c(=O)c1=O)C(C)(C)C. The number of halogens is 4. The summed E-state index contributed by atoms with van der Waals surface area (Å²) in [5, 5.41) is 5.52. The van der Waals surface area contributed by atoms with Gasteiger partial charge in [0.25, 0.3) is 10.9 Å². The Morgan fingerprint density at radius 1 is 1.04 bits per heavy atom. The number of nitrogens with one attached hydrogen (secondary N) is 2. The van der Waals surface area contributed by atoms with E-state index in [4.69, 9.17) is 0 Å². The second-order valence-corrected chi connectivity index (χ2v) is 7.29. The molecule has 0 fully saturated rings. The molecule has 0 aliphatic rings. The maximum absolute atomic E-state index is 13.1. The van der Waals surface area contributed by atoms with E-state index in [0.717, 1.165) is 12.1 Å². The molecule has 2 rings (SSSR count). The van der Waals surface area contributed by atoms with E-state index in [1.54, 1.807) is 0 Å². The van der Waals surface area contributed by atoms with Gasteiger partial charge >= 0.3 is 6.18 Å². The van der Waals surface area contributed by atoms with Crippen molar-refractivity contribution < 1.29 is 17.6 Å². The largest absolute Gasteiger partial charge is 0.416 e. The molecule has 4 nitrogen and oxygen atoms in total. The highest BCUT2D eigenvalue weighted by atomic mass is 19.4. The predicted molar refractivity (Wildman–Crippen MR) is 92.6 cm³/mol. The fourth-order valence-corrected chi connectivity index (χ4v) is 2.28. The molecule has 0 saturated carbocycles. The van der Waals surface area contributed by atoms with Crippen LogP contribution in [0, 0.1) is 11.2 Å². The fraction of sp³-hybridized carbons (Fsp3) is 0.444. The lowest BCUT2D eigenvalue weighted by atomic mass is 9.87. The average Bonchev–Trinajstić information content (AvgIpc) is 2.52. The monoisotopic (exact) mass is 372 g/mol. The van der Waals surface area contributed by atoms with Crippen molar-refractivity contribution in [3.8, 4) is 0 Å². The van der Waals surface area contributed by atoms with Crippen molar-refractivity contribution in [1.82, 2.24) is 0 Å². The third-order valence-electron chi connectivity index (χ3n) is 4.40. The zero-order chi connectivity index (χ0) is 19.9. The maximum atomic E-state index is 13.1. The Bertz CT molecular complexity index is 875. The highest BCUT2D eigenvalue weighted by Crippen LogP contribution is 2.33. The Balaban J connectivity index is 2.24. The van der Waals surface area contributed by atoms with E-state index in [1.165, 1.54) is 0 Å². The molecule has 1 atom stereocenters. The highest BCUT2D eigenvalue weighted by molar-refractivity contribution is 5.74. The van der Waals surface area contributed by atoms with Gasteiger partial charge in [-0.05, 0) is 30.0 Å². The van der Waals surface area contributed by atoms with Crippen LogP contribution in [0.2, 0.25) is 0 Å². The highest BCUT2D eigenvalue weighted by Gasteiger charge is 2.34. The number of alkyl halides is 3. The molecule has 0 amide bonds. The van der Waals surface area contributed by atoms with E-state index in [9.17, 15) is 27.2 Å².